The molecular formula is C26H24BrN3O3S. The lowest BCUT2D eigenvalue weighted by atomic mass is 9.95. The molecule has 0 saturated heterocycles. The van der Waals surface area contributed by atoms with Gasteiger partial charge >= 0.3 is 0 Å². The average Bonchev–Trinajstić information content (AvgIpc) is 3.36. The van der Waals surface area contributed by atoms with E-state index < -0.39 is 6.04 Å². The average molecular weight is 538 g/mol. The molecule has 0 bridgehead atoms. The molecule has 174 valence electrons. The second-order valence-electron chi connectivity index (χ2n) is 9.29. The molecule has 1 aliphatic heterocycles. The molecule has 0 fully saturated rings. The van der Waals surface area contributed by atoms with Crippen LogP contribution in [0.15, 0.2) is 56.1 Å². The van der Waals surface area contributed by atoms with Gasteiger partial charge in [0.15, 0.2) is 5.43 Å². The molecule has 4 aromatic rings. The minimum absolute atomic E-state index is 0.0679. The lowest BCUT2D eigenvalue weighted by molar-refractivity contribution is 0.0970. The fourth-order valence-corrected chi connectivity index (χ4v) is 5.73. The zero-order chi connectivity index (χ0) is 24.1. The number of hydrogen-bond donors (Lipinski definition) is 0. The van der Waals surface area contributed by atoms with E-state index in [1.54, 1.807) is 23.1 Å². The standard InChI is InChI=1S/C26H24BrN3O3S/c1-13(2)11-20-28-29-26(34-20)30-22(16-7-5-15(6-8-16)14(3)4)21-23(31)18-12-17(27)9-10-19(18)33-24(21)25(30)32/h5-10,12-14,22H,11H2,1-4H3. The van der Waals surface area contributed by atoms with Crippen molar-refractivity contribution in [3.63, 3.8) is 0 Å². The van der Waals surface area contributed by atoms with Gasteiger partial charge in [0, 0.05) is 10.9 Å². The Balaban J connectivity index is 1.72. The van der Waals surface area contributed by atoms with Crippen LogP contribution in [-0.4, -0.2) is 16.1 Å². The molecule has 0 N–H and O–H groups in total. The van der Waals surface area contributed by atoms with Gasteiger partial charge in [-0.3, -0.25) is 14.5 Å². The molecule has 1 atom stereocenters. The van der Waals surface area contributed by atoms with E-state index >= 15 is 0 Å². The van der Waals surface area contributed by atoms with E-state index in [0.29, 0.717) is 33.5 Å². The first-order valence-electron chi connectivity index (χ1n) is 11.3. The number of amides is 1. The maximum Gasteiger partial charge on any atom is 0.297 e. The molecule has 0 aliphatic carbocycles. The minimum Gasteiger partial charge on any atom is -0.450 e. The van der Waals surface area contributed by atoms with Crippen molar-refractivity contribution in [2.75, 3.05) is 4.90 Å². The number of halogens is 1. The smallest absolute Gasteiger partial charge is 0.297 e. The summed E-state index contributed by atoms with van der Waals surface area (Å²) in [5.74, 6) is 0.481. The van der Waals surface area contributed by atoms with E-state index in [-0.39, 0.29) is 17.1 Å². The van der Waals surface area contributed by atoms with E-state index in [4.69, 9.17) is 4.42 Å². The van der Waals surface area contributed by atoms with Gasteiger partial charge < -0.3 is 4.42 Å². The van der Waals surface area contributed by atoms with Crippen LogP contribution in [0, 0.1) is 5.92 Å². The normalized spacial score (nSPS) is 15.7. The third-order valence-electron chi connectivity index (χ3n) is 6.00. The van der Waals surface area contributed by atoms with E-state index in [2.05, 4.69) is 53.8 Å². The van der Waals surface area contributed by atoms with Crippen LogP contribution >= 0.6 is 27.3 Å². The predicted octanol–water partition coefficient (Wildman–Crippen LogP) is 6.48. The number of anilines is 1. The predicted molar refractivity (Wildman–Crippen MR) is 138 cm³/mol. The lowest BCUT2D eigenvalue weighted by Gasteiger charge is -2.22. The molecule has 0 saturated carbocycles. The Hall–Kier alpha value is -2.84. The molecule has 1 unspecified atom stereocenters. The summed E-state index contributed by atoms with van der Waals surface area (Å²) >= 11 is 4.82. The fraction of sp³-hybridized carbons (Fsp3) is 0.308. The first kappa shape index (κ1) is 22.9. The third-order valence-corrected chi connectivity index (χ3v) is 7.43. The topological polar surface area (TPSA) is 76.3 Å². The van der Waals surface area contributed by atoms with Crippen LogP contribution < -0.4 is 10.3 Å². The lowest BCUT2D eigenvalue weighted by Crippen LogP contribution is -2.29. The Morgan fingerprint density at radius 1 is 1.06 bits per heavy atom. The Morgan fingerprint density at radius 2 is 1.79 bits per heavy atom. The first-order chi connectivity index (χ1) is 16.2. The highest BCUT2D eigenvalue weighted by atomic mass is 79.9. The molecule has 2 aromatic carbocycles. The Labute approximate surface area is 209 Å². The quantitative estimate of drug-likeness (QED) is 0.291. The molecule has 1 aliphatic rings. The van der Waals surface area contributed by atoms with E-state index in [0.717, 1.165) is 21.5 Å². The van der Waals surface area contributed by atoms with Crippen molar-refractivity contribution in [2.24, 2.45) is 5.92 Å². The van der Waals surface area contributed by atoms with Gasteiger partial charge in [-0.25, -0.2) is 0 Å². The number of aromatic nitrogens is 2. The molecule has 3 heterocycles. The summed E-state index contributed by atoms with van der Waals surface area (Å²) in [6.45, 7) is 8.49. The molecular weight excluding hydrogens is 514 g/mol. The number of rotatable bonds is 5. The SMILES string of the molecule is CC(C)Cc1nnc(N2C(=O)c3oc4ccc(Br)cc4c(=O)c3C2c2ccc(C(C)C)cc2)s1. The van der Waals surface area contributed by atoms with Crippen molar-refractivity contribution in [1.82, 2.24) is 10.2 Å². The molecule has 2 aromatic heterocycles. The summed E-state index contributed by atoms with van der Waals surface area (Å²) in [5.41, 5.74) is 2.53. The van der Waals surface area contributed by atoms with Gasteiger partial charge in [0.1, 0.15) is 10.6 Å². The van der Waals surface area contributed by atoms with Gasteiger partial charge in [-0.2, -0.15) is 0 Å². The maximum atomic E-state index is 13.7. The van der Waals surface area contributed by atoms with Crippen molar-refractivity contribution in [3.05, 3.63) is 84.6 Å². The number of carbonyl (C=O) groups excluding carboxylic acids is 1. The third kappa shape index (κ3) is 3.88. The van der Waals surface area contributed by atoms with Gasteiger partial charge in [-0.05, 0) is 41.2 Å². The monoisotopic (exact) mass is 537 g/mol. The molecule has 1 amide bonds. The molecule has 0 radical (unpaired) electrons. The minimum atomic E-state index is -0.636. The van der Waals surface area contributed by atoms with Crippen molar-refractivity contribution < 1.29 is 9.21 Å². The molecule has 8 heteroatoms. The Bertz CT molecular complexity index is 1460. The summed E-state index contributed by atoms with van der Waals surface area (Å²) in [4.78, 5) is 29.0. The van der Waals surface area contributed by atoms with Crippen LogP contribution in [0.2, 0.25) is 0 Å². The zero-order valence-corrected chi connectivity index (χ0v) is 21.7. The summed E-state index contributed by atoms with van der Waals surface area (Å²) in [6.07, 6.45) is 0.773. The van der Waals surface area contributed by atoms with E-state index in [9.17, 15) is 9.59 Å². The van der Waals surface area contributed by atoms with E-state index in [1.165, 1.54) is 16.9 Å². The number of hydrogen-bond acceptors (Lipinski definition) is 6. The van der Waals surface area contributed by atoms with Crippen LogP contribution in [-0.2, 0) is 6.42 Å². The number of carbonyl (C=O) groups is 1. The van der Waals surface area contributed by atoms with Crippen LogP contribution in [0.25, 0.3) is 11.0 Å². The fourth-order valence-electron chi connectivity index (χ4n) is 4.29. The van der Waals surface area contributed by atoms with Crippen molar-refractivity contribution >= 4 is 49.3 Å². The summed E-state index contributed by atoms with van der Waals surface area (Å²) in [5, 5.41) is 10.4. The van der Waals surface area contributed by atoms with Crippen LogP contribution in [0.3, 0.4) is 0 Å². The Morgan fingerprint density at radius 3 is 2.47 bits per heavy atom. The van der Waals surface area contributed by atoms with Gasteiger partial charge in [-0.15, -0.1) is 10.2 Å². The summed E-state index contributed by atoms with van der Waals surface area (Å²) in [6, 6.07) is 12.7. The number of fused-ring (bicyclic) bond motifs is 2. The van der Waals surface area contributed by atoms with Crippen LogP contribution in [0.4, 0.5) is 5.13 Å². The molecule has 6 nitrogen and oxygen atoms in total. The largest absolute Gasteiger partial charge is 0.450 e. The first-order valence-corrected chi connectivity index (χ1v) is 12.9. The highest BCUT2D eigenvalue weighted by Gasteiger charge is 2.45. The second-order valence-corrected chi connectivity index (χ2v) is 11.2. The highest BCUT2D eigenvalue weighted by Crippen LogP contribution is 2.42. The molecule has 5 rings (SSSR count). The summed E-state index contributed by atoms with van der Waals surface area (Å²) in [7, 11) is 0. The molecule has 34 heavy (non-hydrogen) atoms. The number of nitrogens with zero attached hydrogens (tertiary/aromatic N) is 3. The highest BCUT2D eigenvalue weighted by molar-refractivity contribution is 9.10. The van der Waals surface area contributed by atoms with Crippen LogP contribution in [0.5, 0.6) is 0 Å². The molecule has 0 spiro atoms. The second kappa shape index (κ2) is 8.74. The van der Waals surface area contributed by atoms with Crippen molar-refractivity contribution in [1.29, 1.82) is 0 Å². The van der Waals surface area contributed by atoms with Crippen molar-refractivity contribution in [2.45, 2.75) is 46.1 Å². The van der Waals surface area contributed by atoms with Crippen molar-refractivity contribution in [3.8, 4) is 0 Å². The van der Waals surface area contributed by atoms with E-state index in [1.807, 2.05) is 24.3 Å². The van der Waals surface area contributed by atoms with Gasteiger partial charge in [0.25, 0.3) is 5.91 Å². The Kier molecular flexibility index (Phi) is 5.90. The summed E-state index contributed by atoms with van der Waals surface area (Å²) < 4.78 is 6.81. The van der Waals surface area contributed by atoms with Gasteiger partial charge in [0.2, 0.25) is 10.9 Å². The zero-order valence-electron chi connectivity index (χ0n) is 19.3. The maximum absolute atomic E-state index is 13.7. The van der Waals surface area contributed by atoms with Gasteiger partial charge in [-0.1, -0.05) is 79.2 Å². The van der Waals surface area contributed by atoms with Crippen LogP contribution in [0.1, 0.15) is 71.9 Å². The van der Waals surface area contributed by atoms with Gasteiger partial charge in [0.05, 0.1) is 17.0 Å². The number of benzene rings is 2.